The minimum Gasteiger partial charge on any atom is -0.452 e. The largest absolute Gasteiger partial charge is 0.452 e. The van der Waals surface area contributed by atoms with Gasteiger partial charge in [0.25, 0.3) is 11.8 Å². The first-order chi connectivity index (χ1) is 14.0. The van der Waals surface area contributed by atoms with Crippen LogP contribution in [-0.4, -0.2) is 40.1 Å². The molecule has 2 aromatic heterocycles. The van der Waals surface area contributed by atoms with Crippen molar-refractivity contribution in [1.29, 1.82) is 0 Å². The van der Waals surface area contributed by atoms with Crippen molar-refractivity contribution in [3.63, 3.8) is 0 Å². The molecule has 3 rings (SSSR count). The molecule has 0 saturated heterocycles. The van der Waals surface area contributed by atoms with Gasteiger partial charge in [0.1, 0.15) is 0 Å². The van der Waals surface area contributed by atoms with Crippen LogP contribution in [0.1, 0.15) is 40.7 Å². The molecular weight excluding hydrogens is 390 g/mol. The van der Waals surface area contributed by atoms with Crippen LogP contribution in [0.25, 0.3) is 10.8 Å². The summed E-state index contributed by atoms with van der Waals surface area (Å²) in [7, 11) is 0. The molecule has 0 aliphatic rings. The number of benzene rings is 1. The van der Waals surface area contributed by atoms with Crippen molar-refractivity contribution >= 4 is 23.2 Å². The van der Waals surface area contributed by atoms with E-state index in [2.05, 4.69) is 10.2 Å². The Kier molecular flexibility index (Phi) is 6.77. The van der Waals surface area contributed by atoms with E-state index in [1.54, 1.807) is 17.0 Å². The van der Waals surface area contributed by atoms with Crippen LogP contribution in [-0.2, 0) is 16.1 Å². The second-order valence-electron chi connectivity index (χ2n) is 6.62. The number of thiophene rings is 1. The predicted molar refractivity (Wildman–Crippen MR) is 110 cm³/mol. The second-order valence-corrected chi connectivity index (χ2v) is 7.56. The molecule has 0 fully saturated rings. The van der Waals surface area contributed by atoms with E-state index in [9.17, 15) is 9.59 Å². The number of aryl methyl sites for hydroxylation is 1. The Labute approximate surface area is 173 Å². The smallest absolute Gasteiger partial charge is 0.338 e. The zero-order valence-electron chi connectivity index (χ0n) is 16.7. The van der Waals surface area contributed by atoms with Crippen molar-refractivity contribution in [1.82, 2.24) is 15.1 Å². The lowest BCUT2D eigenvalue weighted by molar-refractivity contribution is -0.135. The Morgan fingerprint density at radius 2 is 2.00 bits per heavy atom. The van der Waals surface area contributed by atoms with Crippen LogP contribution < -0.4 is 0 Å². The monoisotopic (exact) mass is 413 g/mol. The summed E-state index contributed by atoms with van der Waals surface area (Å²) in [6, 6.07) is 9.22. The van der Waals surface area contributed by atoms with E-state index in [-0.39, 0.29) is 19.1 Å². The SMILES string of the molecule is CCCN(Cc1nnc(-c2cccs2)o1)C(=O)COC(=O)c1cccc(C)c1C. The molecule has 29 heavy (non-hydrogen) atoms. The maximum absolute atomic E-state index is 12.6. The summed E-state index contributed by atoms with van der Waals surface area (Å²) < 4.78 is 10.9. The lowest BCUT2D eigenvalue weighted by Crippen LogP contribution is -2.35. The number of amides is 1. The van der Waals surface area contributed by atoms with Gasteiger partial charge in [-0.25, -0.2) is 4.79 Å². The first kappa shape index (κ1) is 20.7. The highest BCUT2D eigenvalue weighted by molar-refractivity contribution is 7.13. The predicted octanol–water partition coefficient (Wildman–Crippen LogP) is 4.01. The molecule has 0 unspecified atom stereocenters. The Morgan fingerprint density at radius 3 is 2.72 bits per heavy atom. The molecule has 0 saturated carbocycles. The highest BCUT2D eigenvalue weighted by atomic mass is 32.1. The zero-order valence-corrected chi connectivity index (χ0v) is 17.5. The second kappa shape index (κ2) is 9.47. The number of hydrogen-bond donors (Lipinski definition) is 0. The summed E-state index contributed by atoms with van der Waals surface area (Å²) >= 11 is 1.50. The van der Waals surface area contributed by atoms with Crippen molar-refractivity contribution in [3.05, 3.63) is 58.3 Å². The molecule has 0 bridgehead atoms. The van der Waals surface area contributed by atoms with E-state index in [0.717, 1.165) is 22.4 Å². The molecule has 0 aliphatic heterocycles. The molecule has 1 aromatic carbocycles. The number of ether oxygens (including phenoxy) is 1. The number of carbonyl (C=O) groups excluding carboxylic acids is 2. The van der Waals surface area contributed by atoms with Crippen LogP contribution in [0.3, 0.4) is 0 Å². The molecule has 1 amide bonds. The Balaban J connectivity index is 1.62. The summed E-state index contributed by atoms with van der Waals surface area (Å²) in [5.74, 6) is -0.0357. The van der Waals surface area contributed by atoms with E-state index in [4.69, 9.17) is 9.15 Å². The van der Waals surface area contributed by atoms with E-state index in [1.165, 1.54) is 11.3 Å². The van der Waals surface area contributed by atoms with Crippen LogP contribution in [0.15, 0.2) is 40.1 Å². The van der Waals surface area contributed by atoms with E-state index in [0.29, 0.717) is 23.9 Å². The molecule has 0 atom stereocenters. The van der Waals surface area contributed by atoms with Gasteiger partial charge in [-0.2, -0.15) is 0 Å². The van der Waals surface area contributed by atoms with Crippen molar-refractivity contribution in [2.75, 3.05) is 13.2 Å². The van der Waals surface area contributed by atoms with Gasteiger partial charge in [-0.05, 0) is 48.9 Å². The van der Waals surface area contributed by atoms with Crippen molar-refractivity contribution in [2.45, 2.75) is 33.7 Å². The third-order valence-electron chi connectivity index (χ3n) is 4.52. The third-order valence-corrected chi connectivity index (χ3v) is 5.38. The average Bonchev–Trinajstić information content (AvgIpc) is 3.39. The normalized spacial score (nSPS) is 10.7. The van der Waals surface area contributed by atoms with Crippen LogP contribution in [0.2, 0.25) is 0 Å². The number of rotatable bonds is 8. The molecule has 0 spiro atoms. The topological polar surface area (TPSA) is 85.5 Å². The molecule has 2 heterocycles. The van der Waals surface area contributed by atoms with Gasteiger partial charge in [-0.3, -0.25) is 4.79 Å². The van der Waals surface area contributed by atoms with Crippen molar-refractivity contribution in [2.24, 2.45) is 0 Å². The van der Waals surface area contributed by atoms with Crippen molar-refractivity contribution in [3.8, 4) is 10.8 Å². The molecule has 0 aliphatic carbocycles. The maximum Gasteiger partial charge on any atom is 0.338 e. The summed E-state index contributed by atoms with van der Waals surface area (Å²) in [5, 5.41) is 9.99. The summed E-state index contributed by atoms with van der Waals surface area (Å²) in [5.41, 5.74) is 2.32. The van der Waals surface area contributed by atoms with E-state index < -0.39 is 5.97 Å². The molecular formula is C21H23N3O4S. The summed E-state index contributed by atoms with van der Waals surface area (Å²) in [6.45, 7) is 6.08. The lowest BCUT2D eigenvalue weighted by Gasteiger charge is -2.20. The number of hydrogen-bond acceptors (Lipinski definition) is 7. The van der Waals surface area contributed by atoms with Gasteiger partial charge in [0, 0.05) is 6.54 Å². The molecule has 0 N–H and O–H groups in total. The Morgan fingerprint density at radius 1 is 1.17 bits per heavy atom. The number of esters is 1. The first-order valence-electron chi connectivity index (χ1n) is 9.37. The van der Waals surface area contributed by atoms with Crippen LogP contribution in [0.4, 0.5) is 0 Å². The van der Waals surface area contributed by atoms with E-state index in [1.807, 2.05) is 44.4 Å². The number of carbonyl (C=O) groups is 2. The minimum atomic E-state index is -0.506. The van der Waals surface area contributed by atoms with Crippen LogP contribution in [0.5, 0.6) is 0 Å². The standard InChI is InChI=1S/C21H23N3O4S/c1-4-10-24(12-18-22-23-20(28-18)17-9-6-11-29-17)19(25)13-27-21(26)16-8-5-7-14(2)15(16)3/h5-9,11H,4,10,12-13H2,1-3H3. The molecule has 0 radical (unpaired) electrons. The van der Waals surface area contributed by atoms with Crippen molar-refractivity contribution < 1.29 is 18.7 Å². The summed E-state index contributed by atoms with van der Waals surface area (Å²) in [6.07, 6.45) is 0.753. The molecule has 8 heteroatoms. The Bertz CT molecular complexity index is 982. The maximum atomic E-state index is 12.6. The highest BCUT2D eigenvalue weighted by Gasteiger charge is 2.20. The van der Waals surface area contributed by atoms with Gasteiger partial charge >= 0.3 is 5.97 Å². The minimum absolute atomic E-state index is 0.173. The average molecular weight is 413 g/mol. The van der Waals surface area contributed by atoms with Gasteiger partial charge in [0.05, 0.1) is 17.0 Å². The molecule has 7 nitrogen and oxygen atoms in total. The number of aromatic nitrogens is 2. The summed E-state index contributed by atoms with van der Waals surface area (Å²) in [4.78, 5) is 27.4. The first-order valence-corrected chi connectivity index (χ1v) is 10.2. The van der Waals surface area contributed by atoms with Crippen LogP contribution >= 0.6 is 11.3 Å². The molecule has 152 valence electrons. The van der Waals surface area contributed by atoms with Gasteiger partial charge in [-0.15, -0.1) is 21.5 Å². The highest BCUT2D eigenvalue weighted by Crippen LogP contribution is 2.23. The van der Waals surface area contributed by atoms with E-state index >= 15 is 0 Å². The fraction of sp³-hybridized carbons (Fsp3) is 0.333. The molecule has 3 aromatic rings. The number of nitrogens with zero attached hydrogens (tertiary/aromatic N) is 3. The van der Waals surface area contributed by atoms with Crippen LogP contribution in [0, 0.1) is 13.8 Å². The van der Waals surface area contributed by atoms with Gasteiger partial charge in [-0.1, -0.05) is 25.1 Å². The third kappa shape index (κ3) is 5.08. The fourth-order valence-corrected chi connectivity index (χ4v) is 3.46. The van der Waals surface area contributed by atoms with Gasteiger partial charge in [0.2, 0.25) is 5.89 Å². The Hall–Kier alpha value is -3.00. The van der Waals surface area contributed by atoms with Gasteiger partial charge < -0.3 is 14.1 Å². The quantitative estimate of drug-likeness (QED) is 0.519. The van der Waals surface area contributed by atoms with Gasteiger partial charge in [0.15, 0.2) is 6.61 Å². The lowest BCUT2D eigenvalue weighted by atomic mass is 10.0. The zero-order chi connectivity index (χ0) is 20.8. The fourth-order valence-electron chi connectivity index (χ4n) is 2.81.